The van der Waals surface area contributed by atoms with E-state index in [-0.39, 0.29) is 11.3 Å². The third-order valence-electron chi connectivity index (χ3n) is 5.37. The molecule has 0 bridgehead atoms. The summed E-state index contributed by atoms with van der Waals surface area (Å²) in [6, 6.07) is 8.01. The van der Waals surface area contributed by atoms with Crippen molar-refractivity contribution in [1.82, 2.24) is 9.80 Å². The van der Waals surface area contributed by atoms with Crippen LogP contribution in [-0.4, -0.2) is 41.9 Å². The van der Waals surface area contributed by atoms with Gasteiger partial charge >= 0.3 is 0 Å². The van der Waals surface area contributed by atoms with Crippen LogP contribution in [-0.2, 0) is 6.54 Å². The summed E-state index contributed by atoms with van der Waals surface area (Å²) < 4.78 is 5.72. The standard InChI is InChI=1S/C19H24N2O2S/c1-15-5-6-16(23-15)12-20-10-8-19(13-20)7-3-9-21(14-19)18(22)17-4-2-11-24-17/h2,4-6,11H,3,7-10,12-14H2,1H3/t19-/m1/s1. The molecule has 2 aromatic rings. The number of hydrogen-bond acceptors (Lipinski definition) is 4. The molecular formula is C19H24N2O2S. The highest BCUT2D eigenvalue weighted by Crippen LogP contribution is 2.40. The van der Waals surface area contributed by atoms with Crippen molar-refractivity contribution < 1.29 is 9.21 Å². The van der Waals surface area contributed by atoms with Gasteiger partial charge in [0.2, 0.25) is 0 Å². The Morgan fingerprint density at radius 2 is 2.17 bits per heavy atom. The first-order valence-corrected chi connectivity index (χ1v) is 9.62. The van der Waals surface area contributed by atoms with Gasteiger partial charge in [0, 0.05) is 25.0 Å². The van der Waals surface area contributed by atoms with E-state index in [0.717, 1.165) is 55.5 Å². The minimum Gasteiger partial charge on any atom is -0.465 e. The average Bonchev–Trinajstić information content (AvgIpc) is 3.30. The lowest BCUT2D eigenvalue weighted by molar-refractivity contribution is 0.0529. The van der Waals surface area contributed by atoms with Gasteiger partial charge in [-0.05, 0) is 56.3 Å². The van der Waals surface area contributed by atoms with Crippen molar-refractivity contribution in [2.75, 3.05) is 26.2 Å². The predicted molar refractivity (Wildman–Crippen MR) is 95.2 cm³/mol. The number of nitrogens with zero attached hydrogens (tertiary/aromatic N) is 2. The Kier molecular flexibility index (Phi) is 4.22. The molecule has 1 spiro atoms. The van der Waals surface area contributed by atoms with Crippen molar-refractivity contribution in [3.8, 4) is 0 Å². The summed E-state index contributed by atoms with van der Waals surface area (Å²) >= 11 is 1.55. The van der Waals surface area contributed by atoms with Crippen LogP contribution in [0.4, 0.5) is 0 Å². The van der Waals surface area contributed by atoms with E-state index < -0.39 is 0 Å². The van der Waals surface area contributed by atoms with E-state index >= 15 is 0 Å². The van der Waals surface area contributed by atoms with Crippen LogP contribution in [0.25, 0.3) is 0 Å². The van der Waals surface area contributed by atoms with Gasteiger partial charge in [0.1, 0.15) is 11.5 Å². The molecule has 2 aliphatic rings. The second-order valence-electron chi connectivity index (χ2n) is 7.28. The number of hydrogen-bond donors (Lipinski definition) is 0. The molecule has 2 saturated heterocycles. The van der Waals surface area contributed by atoms with Crippen LogP contribution in [0.3, 0.4) is 0 Å². The lowest BCUT2D eigenvalue weighted by Gasteiger charge is -2.40. The minimum absolute atomic E-state index is 0.212. The van der Waals surface area contributed by atoms with Crippen molar-refractivity contribution in [2.45, 2.75) is 32.7 Å². The highest BCUT2D eigenvalue weighted by molar-refractivity contribution is 7.12. The molecule has 0 unspecified atom stereocenters. The van der Waals surface area contributed by atoms with Gasteiger partial charge in [-0.25, -0.2) is 0 Å². The summed E-state index contributed by atoms with van der Waals surface area (Å²) in [6.07, 6.45) is 3.53. The number of furan rings is 1. The molecule has 0 aromatic carbocycles. The Bertz CT molecular complexity index is 709. The molecule has 4 rings (SSSR count). The first kappa shape index (κ1) is 15.9. The van der Waals surface area contributed by atoms with E-state index in [2.05, 4.69) is 15.9 Å². The Labute approximate surface area is 147 Å². The van der Waals surface area contributed by atoms with Crippen LogP contribution in [0, 0.1) is 12.3 Å². The lowest BCUT2D eigenvalue weighted by Crippen LogP contribution is -2.47. The number of rotatable bonds is 3. The van der Waals surface area contributed by atoms with Crippen LogP contribution >= 0.6 is 11.3 Å². The van der Waals surface area contributed by atoms with Crippen LogP contribution in [0.5, 0.6) is 0 Å². The van der Waals surface area contributed by atoms with Gasteiger partial charge in [0.15, 0.2) is 0 Å². The summed E-state index contributed by atoms with van der Waals surface area (Å²) in [6.45, 7) is 6.84. The molecule has 24 heavy (non-hydrogen) atoms. The third-order valence-corrected chi connectivity index (χ3v) is 6.23. The zero-order chi connectivity index (χ0) is 16.6. The van der Waals surface area contributed by atoms with Gasteiger partial charge in [-0.1, -0.05) is 6.07 Å². The maximum atomic E-state index is 12.7. The molecule has 1 atom stereocenters. The highest BCUT2D eigenvalue weighted by atomic mass is 32.1. The minimum atomic E-state index is 0.212. The quantitative estimate of drug-likeness (QED) is 0.850. The SMILES string of the molecule is Cc1ccc(CN2CC[C@]3(CCCN(C(=O)c4cccs4)C3)C2)o1. The summed E-state index contributed by atoms with van der Waals surface area (Å²) in [5, 5.41) is 1.98. The number of likely N-dealkylation sites (tertiary alicyclic amines) is 2. The van der Waals surface area contributed by atoms with Crippen LogP contribution in [0.2, 0.25) is 0 Å². The summed E-state index contributed by atoms with van der Waals surface area (Å²) in [5.41, 5.74) is 0.271. The Morgan fingerprint density at radius 1 is 1.25 bits per heavy atom. The summed E-state index contributed by atoms with van der Waals surface area (Å²) in [4.78, 5) is 18.1. The molecule has 2 fully saturated rings. The molecule has 4 heterocycles. The molecule has 0 radical (unpaired) electrons. The van der Waals surface area contributed by atoms with Gasteiger partial charge < -0.3 is 9.32 Å². The van der Waals surface area contributed by atoms with Gasteiger partial charge in [0.25, 0.3) is 5.91 Å². The van der Waals surface area contributed by atoms with E-state index in [0.29, 0.717) is 0 Å². The van der Waals surface area contributed by atoms with Crippen LogP contribution in [0.1, 0.15) is 40.5 Å². The summed E-state index contributed by atoms with van der Waals surface area (Å²) in [7, 11) is 0. The number of aryl methyl sites for hydroxylation is 1. The number of piperidine rings is 1. The number of carbonyl (C=O) groups is 1. The first-order valence-electron chi connectivity index (χ1n) is 8.74. The maximum absolute atomic E-state index is 12.7. The second kappa shape index (κ2) is 6.37. The van der Waals surface area contributed by atoms with Crippen molar-refractivity contribution in [3.05, 3.63) is 46.0 Å². The fourth-order valence-electron chi connectivity index (χ4n) is 4.22. The largest absolute Gasteiger partial charge is 0.465 e. The second-order valence-corrected chi connectivity index (χ2v) is 8.23. The van der Waals surface area contributed by atoms with Gasteiger partial charge in [-0.15, -0.1) is 11.3 Å². The molecule has 128 valence electrons. The third kappa shape index (κ3) is 3.15. The zero-order valence-electron chi connectivity index (χ0n) is 14.2. The molecule has 2 aliphatic heterocycles. The van der Waals surface area contributed by atoms with E-state index in [4.69, 9.17) is 4.42 Å². The fourth-order valence-corrected chi connectivity index (χ4v) is 4.91. The van der Waals surface area contributed by atoms with Crippen molar-refractivity contribution >= 4 is 17.2 Å². The molecular weight excluding hydrogens is 320 g/mol. The Morgan fingerprint density at radius 3 is 2.92 bits per heavy atom. The maximum Gasteiger partial charge on any atom is 0.263 e. The number of carbonyl (C=O) groups excluding carboxylic acids is 1. The zero-order valence-corrected chi connectivity index (χ0v) is 15.0. The molecule has 4 nitrogen and oxygen atoms in total. The van der Waals surface area contributed by atoms with Gasteiger partial charge in [-0.3, -0.25) is 9.69 Å². The molecule has 5 heteroatoms. The van der Waals surface area contributed by atoms with Crippen molar-refractivity contribution in [2.24, 2.45) is 5.41 Å². The van der Waals surface area contributed by atoms with Crippen molar-refractivity contribution in [1.29, 1.82) is 0 Å². The van der Waals surface area contributed by atoms with Crippen molar-refractivity contribution in [3.63, 3.8) is 0 Å². The van der Waals surface area contributed by atoms with Crippen LogP contribution < -0.4 is 0 Å². The molecule has 1 amide bonds. The highest BCUT2D eigenvalue weighted by Gasteiger charge is 2.42. The fraction of sp³-hybridized carbons (Fsp3) is 0.526. The molecule has 0 aliphatic carbocycles. The Balaban J connectivity index is 1.41. The van der Waals surface area contributed by atoms with Crippen LogP contribution in [0.15, 0.2) is 34.1 Å². The van der Waals surface area contributed by atoms with E-state index in [1.54, 1.807) is 11.3 Å². The predicted octanol–water partition coefficient (Wildman–Crippen LogP) is 3.78. The average molecular weight is 344 g/mol. The van der Waals surface area contributed by atoms with E-state index in [1.165, 1.54) is 12.8 Å². The summed E-state index contributed by atoms with van der Waals surface area (Å²) in [5.74, 6) is 2.24. The monoisotopic (exact) mass is 344 g/mol. The van der Waals surface area contributed by atoms with Gasteiger partial charge in [0.05, 0.1) is 11.4 Å². The van der Waals surface area contributed by atoms with E-state index in [9.17, 15) is 4.79 Å². The normalized spacial score (nSPS) is 24.8. The first-order chi connectivity index (χ1) is 11.6. The Hall–Kier alpha value is -1.59. The lowest BCUT2D eigenvalue weighted by atomic mass is 9.79. The topological polar surface area (TPSA) is 36.7 Å². The van der Waals surface area contributed by atoms with Gasteiger partial charge in [-0.2, -0.15) is 0 Å². The molecule has 0 N–H and O–H groups in total. The molecule has 0 saturated carbocycles. The number of amides is 1. The smallest absolute Gasteiger partial charge is 0.263 e. The molecule has 2 aromatic heterocycles. The van der Waals surface area contributed by atoms with E-state index in [1.807, 2.05) is 30.5 Å². The number of thiophene rings is 1.